The molecule has 13 nitrogen and oxygen atoms in total. The van der Waals surface area contributed by atoms with Crippen molar-refractivity contribution in [2.75, 3.05) is 11.0 Å². The number of aromatic amines is 2. The van der Waals surface area contributed by atoms with E-state index in [1.807, 2.05) is 0 Å². The highest BCUT2D eigenvalue weighted by molar-refractivity contribution is 7.92. The Bertz CT molecular complexity index is 2840. The SMILES string of the molecule is Cn1nc(NS(C)(=O)=O)c2c(Cl)ccc(-c3cc4[nH]c(=O)[nH]c4nc3[C@H](Cc3cc(F)cc(F)c3)NC(=O)Cn3nc(C(F)F)c4c3C(F)(F)[C@@H]3C#C[C@H]43)c21. The van der Waals surface area contributed by atoms with E-state index in [1.54, 1.807) is 0 Å². The monoisotopic (exact) mass is 803 g/mol. The molecule has 0 bridgehead atoms. The fourth-order valence-corrected chi connectivity index (χ4v) is 7.96. The van der Waals surface area contributed by atoms with Crippen LogP contribution < -0.4 is 15.7 Å². The summed E-state index contributed by atoms with van der Waals surface area (Å²) in [6.07, 6.45) is -2.71. The molecule has 3 atom stereocenters. The van der Waals surface area contributed by atoms with Gasteiger partial charge in [0.05, 0.1) is 45.4 Å². The molecule has 0 saturated heterocycles. The summed E-state index contributed by atoms with van der Waals surface area (Å²) in [6.45, 7) is -0.982. The molecular formula is C34H24ClF6N9O4S. The number of sulfonamides is 1. The standard InChI is InChI=1S/C34H24ClF6N9O4S/c1-49-28-16(4-6-20(35)25(28)32(47-49)48-55(2,53)54)18-11-22-31(45-33(52)43-22)44-26(18)21(9-13-7-14(36)10-15(37)8-13)42-23(51)12-50-29-24(27(46-50)30(38)39)17-3-5-19(17)34(29,40)41/h4,6-8,10-11,17,19,21,30H,9,12H2,1-2H3,(H,42,51)(H,47,48)(H2,43,44,45,52)/t17-,19+,21-/m0/s1. The zero-order chi connectivity index (χ0) is 39.3. The van der Waals surface area contributed by atoms with Gasteiger partial charge in [-0.3, -0.25) is 23.9 Å². The van der Waals surface area contributed by atoms with Crippen molar-refractivity contribution in [2.45, 2.75) is 37.3 Å². The quantitative estimate of drug-likeness (QED) is 0.109. The molecule has 6 aromatic rings. The number of amides is 1. The number of aromatic nitrogens is 7. The van der Waals surface area contributed by atoms with Gasteiger partial charge >= 0.3 is 11.6 Å². The van der Waals surface area contributed by atoms with Gasteiger partial charge in [-0.15, -0.1) is 0 Å². The molecule has 0 spiro atoms. The first kappa shape index (κ1) is 36.2. The summed E-state index contributed by atoms with van der Waals surface area (Å²) in [5.41, 5.74) is -2.02. The maximum absolute atomic E-state index is 15.5. The van der Waals surface area contributed by atoms with Gasteiger partial charge in [0.2, 0.25) is 15.9 Å². The smallest absolute Gasteiger partial charge is 0.325 e. The van der Waals surface area contributed by atoms with Crippen LogP contribution in [0.15, 0.2) is 41.2 Å². The lowest BCUT2D eigenvalue weighted by atomic mass is 9.84. The highest BCUT2D eigenvalue weighted by Gasteiger charge is 2.60. The van der Waals surface area contributed by atoms with E-state index in [-0.39, 0.29) is 61.7 Å². The number of carbonyl (C=O) groups is 1. The van der Waals surface area contributed by atoms with Gasteiger partial charge in [-0.1, -0.05) is 29.5 Å². The molecule has 2 aliphatic carbocycles. The minimum atomic E-state index is -3.85. The maximum Gasteiger partial charge on any atom is 0.325 e. The van der Waals surface area contributed by atoms with Gasteiger partial charge in [0, 0.05) is 29.8 Å². The van der Waals surface area contributed by atoms with E-state index >= 15 is 8.78 Å². The van der Waals surface area contributed by atoms with Gasteiger partial charge in [-0.2, -0.15) is 19.0 Å². The number of benzene rings is 2. The molecular weight excluding hydrogens is 780 g/mol. The summed E-state index contributed by atoms with van der Waals surface area (Å²) < 4.78 is 117. The van der Waals surface area contributed by atoms with Gasteiger partial charge in [-0.05, 0) is 36.2 Å². The summed E-state index contributed by atoms with van der Waals surface area (Å²) in [5, 5.41) is 10.9. The average molecular weight is 804 g/mol. The lowest BCUT2D eigenvalue weighted by Gasteiger charge is -2.24. The maximum atomic E-state index is 15.5. The second-order valence-corrected chi connectivity index (χ2v) is 15.3. The van der Waals surface area contributed by atoms with E-state index < -0.39 is 87.0 Å². The number of rotatable bonds is 10. The van der Waals surface area contributed by atoms with Crippen LogP contribution in [0.1, 0.15) is 46.6 Å². The summed E-state index contributed by atoms with van der Waals surface area (Å²) in [5.74, 6) is -4.70. The largest absolute Gasteiger partial charge is 0.346 e. The fourth-order valence-electron chi connectivity index (χ4n) is 7.22. The highest BCUT2D eigenvalue weighted by Crippen LogP contribution is 2.57. The second-order valence-electron chi connectivity index (χ2n) is 13.1. The van der Waals surface area contributed by atoms with Gasteiger partial charge in [0.25, 0.3) is 6.43 Å². The molecule has 0 fully saturated rings. The van der Waals surface area contributed by atoms with Crippen LogP contribution in [-0.2, 0) is 40.8 Å². The van der Waals surface area contributed by atoms with Crippen LogP contribution in [0, 0.1) is 29.4 Å². The first-order valence-corrected chi connectivity index (χ1v) is 18.4. The molecule has 4 aromatic heterocycles. The van der Waals surface area contributed by atoms with Crippen molar-refractivity contribution in [2.24, 2.45) is 13.0 Å². The lowest BCUT2D eigenvalue weighted by molar-refractivity contribution is -0.123. The van der Waals surface area contributed by atoms with Crippen LogP contribution >= 0.6 is 11.6 Å². The Morgan fingerprint density at radius 3 is 2.44 bits per heavy atom. The third-order valence-electron chi connectivity index (χ3n) is 9.33. The predicted molar refractivity (Wildman–Crippen MR) is 186 cm³/mol. The van der Waals surface area contributed by atoms with Crippen molar-refractivity contribution >= 4 is 55.4 Å². The van der Waals surface area contributed by atoms with Crippen molar-refractivity contribution < 1.29 is 39.6 Å². The number of imidazole rings is 1. The highest BCUT2D eigenvalue weighted by atomic mass is 35.5. The number of pyridine rings is 1. The molecule has 0 aliphatic heterocycles. The van der Waals surface area contributed by atoms with Crippen LogP contribution in [0.25, 0.3) is 33.2 Å². The zero-order valence-electron chi connectivity index (χ0n) is 28.1. The van der Waals surface area contributed by atoms with Crippen molar-refractivity contribution in [1.29, 1.82) is 0 Å². The van der Waals surface area contributed by atoms with Gasteiger partial charge < -0.3 is 10.3 Å². The number of alkyl halides is 4. The fraction of sp³-hybridized carbons (Fsp3) is 0.265. The van der Waals surface area contributed by atoms with Crippen molar-refractivity contribution in [1.82, 2.24) is 39.8 Å². The Labute approximate surface area is 310 Å². The topological polar surface area (TPSA) is 172 Å². The molecule has 21 heteroatoms. The summed E-state index contributed by atoms with van der Waals surface area (Å²) >= 11 is 6.55. The molecule has 4 N–H and O–H groups in total. The van der Waals surface area contributed by atoms with Crippen LogP contribution in [0.4, 0.5) is 32.2 Å². The Morgan fingerprint density at radius 1 is 1.05 bits per heavy atom. The number of nitrogens with one attached hydrogen (secondary N) is 4. The molecule has 0 radical (unpaired) electrons. The molecule has 2 aliphatic rings. The minimum absolute atomic E-state index is 0.00958. The number of H-pyrrole nitrogens is 2. The number of nitrogens with zero attached hydrogens (tertiary/aromatic N) is 5. The molecule has 55 heavy (non-hydrogen) atoms. The minimum Gasteiger partial charge on any atom is -0.346 e. The molecule has 0 saturated carbocycles. The Morgan fingerprint density at radius 2 is 1.78 bits per heavy atom. The van der Waals surface area contributed by atoms with Crippen molar-refractivity contribution in [3.63, 3.8) is 0 Å². The normalized spacial score (nSPS) is 17.5. The molecule has 4 heterocycles. The first-order chi connectivity index (χ1) is 25.9. The number of anilines is 1. The Balaban J connectivity index is 1.28. The van der Waals surface area contributed by atoms with E-state index in [0.29, 0.717) is 10.7 Å². The third kappa shape index (κ3) is 6.16. The van der Waals surface area contributed by atoms with E-state index in [4.69, 9.17) is 11.6 Å². The molecule has 284 valence electrons. The molecule has 8 rings (SSSR count). The third-order valence-corrected chi connectivity index (χ3v) is 10.2. The van der Waals surface area contributed by atoms with Crippen LogP contribution in [0.3, 0.4) is 0 Å². The Kier molecular flexibility index (Phi) is 8.31. The van der Waals surface area contributed by atoms with E-state index in [0.717, 1.165) is 18.4 Å². The van der Waals surface area contributed by atoms with Crippen LogP contribution in [0.5, 0.6) is 0 Å². The van der Waals surface area contributed by atoms with E-state index in [9.17, 15) is 35.6 Å². The zero-order valence-corrected chi connectivity index (χ0v) is 29.7. The van der Waals surface area contributed by atoms with Gasteiger partial charge in [0.15, 0.2) is 11.5 Å². The van der Waals surface area contributed by atoms with Gasteiger partial charge in [-0.25, -0.2) is 35.8 Å². The van der Waals surface area contributed by atoms with E-state index in [2.05, 4.69) is 47.0 Å². The number of hydrogen-bond acceptors (Lipinski definition) is 7. The van der Waals surface area contributed by atoms with Crippen molar-refractivity contribution in [3.05, 3.63) is 91.7 Å². The number of halogens is 7. The predicted octanol–water partition coefficient (Wildman–Crippen LogP) is 5.16. The number of carbonyl (C=O) groups excluding carboxylic acids is 1. The summed E-state index contributed by atoms with van der Waals surface area (Å²) in [6, 6.07) is 5.70. The van der Waals surface area contributed by atoms with Gasteiger partial charge in [0.1, 0.15) is 35.5 Å². The number of hydrogen-bond donors (Lipinski definition) is 4. The van der Waals surface area contributed by atoms with Crippen molar-refractivity contribution in [3.8, 4) is 23.0 Å². The first-order valence-electron chi connectivity index (χ1n) is 16.2. The molecule has 0 unspecified atom stereocenters. The van der Waals surface area contributed by atoms with Crippen LogP contribution in [-0.4, -0.2) is 55.1 Å². The van der Waals surface area contributed by atoms with Crippen LogP contribution in [0.2, 0.25) is 5.02 Å². The number of aryl methyl sites for hydroxylation is 1. The molecule has 1 amide bonds. The second kappa shape index (κ2) is 12.6. The summed E-state index contributed by atoms with van der Waals surface area (Å²) in [4.78, 5) is 36.0. The summed E-state index contributed by atoms with van der Waals surface area (Å²) in [7, 11) is -2.35. The van der Waals surface area contributed by atoms with E-state index in [1.165, 1.54) is 29.9 Å². The number of fused-ring (bicyclic) bond motifs is 5. The lowest BCUT2D eigenvalue weighted by Crippen LogP contribution is -2.35. The molecule has 2 aromatic carbocycles. The Hall–Kier alpha value is -5.81. The average Bonchev–Trinajstić information content (AvgIpc) is 3.73.